The maximum absolute atomic E-state index is 13.4. The molecule has 0 aliphatic carbocycles. The Kier molecular flexibility index (Phi) is 6.64. The SMILES string of the molecule is Cc1cccc(NC(=O)NCC(=O)NCC2CCN(c3ccc(F)c(F)c3)C2)c1. The number of benzene rings is 2. The molecule has 0 radical (unpaired) electrons. The number of halogens is 2. The number of urea groups is 1. The smallest absolute Gasteiger partial charge is 0.319 e. The van der Waals surface area contributed by atoms with Crippen molar-refractivity contribution in [3.63, 3.8) is 0 Å². The molecule has 29 heavy (non-hydrogen) atoms. The minimum Gasteiger partial charge on any atom is -0.371 e. The average Bonchev–Trinajstić information content (AvgIpc) is 3.16. The topological polar surface area (TPSA) is 73.5 Å². The third-order valence-corrected chi connectivity index (χ3v) is 4.83. The van der Waals surface area contributed by atoms with Gasteiger partial charge in [0.1, 0.15) is 0 Å². The predicted molar refractivity (Wildman–Crippen MR) is 108 cm³/mol. The van der Waals surface area contributed by atoms with Crippen molar-refractivity contribution in [3.8, 4) is 0 Å². The summed E-state index contributed by atoms with van der Waals surface area (Å²) in [6.45, 7) is 3.61. The highest BCUT2D eigenvalue weighted by molar-refractivity contribution is 5.92. The Labute approximate surface area is 168 Å². The Hall–Kier alpha value is -3.16. The predicted octanol–water partition coefficient (Wildman–Crippen LogP) is 3.04. The van der Waals surface area contributed by atoms with Crippen LogP contribution in [0, 0.1) is 24.5 Å². The molecule has 3 amide bonds. The molecule has 0 bridgehead atoms. The molecule has 1 unspecified atom stereocenters. The molecule has 3 rings (SSSR count). The summed E-state index contributed by atoms with van der Waals surface area (Å²) in [5.74, 6) is -1.81. The van der Waals surface area contributed by atoms with Gasteiger partial charge < -0.3 is 20.9 Å². The van der Waals surface area contributed by atoms with E-state index in [0.717, 1.165) is 18.1 Å². The van der Waals surface area contributed by atoms with Crippen molar-refractivity contribution in [2.24, 2.45) is 5.92 Å². The molecule has 1 atom stereocenters. The Morgan fingerprint density at radius 1 is 1.10 bits per heavy atom. The number of hydrogen-bond donors (Lipinski definition) is 3. The first-order valence-corrected chi connectivity index (χ1v) is 9.49. The van der Waals surface area contributed by atoms with E-state index in [4.69, 9.17) is 0 Å². The second-order valence-corrected chi connectivity index (χ2v) is 7.18. The first-order valence-electron chi connectivity index (χ1n) is 9.49. The highest BCUT2D eigenvalue weighted by atomic mass is 19.2. The summed E-state index contributed by atoms with van der Waals surface area (Å²) in [7, 11) is 0. The minimum atomic E-state index is -0.866. The molecule has 0 aromatic heterocycles. The normalized spacial score (nSPS) is 15.8. The largest absolute Gasteiger partial charge is 0.371 e. The maximum atomic E-state index is 13.4. The summed E-state index contributed by atoms with van der Waals surface area (Å²) in [5, 5.41) is 8.00. The first-order chi connectivity index (χ1) is 13.9. The van der Waals surface area contributed by atoms with Crippen LogP contribution in [-0.4, -0.2) is 38.1 Å². The Morgan fingerprint density at radius 3 is 2.69 bits per heavy atom. The molecule has 8 heteroatoms. The molecule has 1 aliphatic rings. The average molecular weight is 402 g/mol. The van der Waals surface area contributed by atoms with Gasteiger partial charge >= 0.3 is 6.03 Å². The fourth-order valence-corrected chi connectivity index (χ4v) is 3.29. The van der Waals surface area contributed by atoms with Crippen LogP contribution in [0.2, 0.25) is 0 Å². The number of nitrogens with zero attached hydrogens (tertiary/aromatic N) is 1. The third-order valence-electron chi connectivity index (χ3n) is 4.83. The van der Waals surface area contributed by atoms with Crippen LogP contribution in [0.15, 0.2) is 42.5 Å². The van der Waals surface area contributed by atoms with Crippen LogP contribution in [0.5, 0.6) is 0 Å². The van der Waals surface area contributed by atoms with Crippen LogP contribution in [0.1, 0.15) is 12.0 Å². The second kappa shape index (κ2) is 9.36. The van der Waals surface area contributed by atoms with E-state index in [9.17, 15) is 18.4 Å². The van der Waals surface area contributed by atoms with Gasteiger partial charge in [0, 0.05) is 37.1 Å². The number of hydrogen-bond acceptors (Lipinski definition) is 3. The second-order valence-electron chi connectivity index (χ2n) is 7.18. The van der Waals surface area contributed by atoms with E-state index < -0.39 is 17.7 Å². The van der Waals surface area contributed by atoms with E-state index in [1.807, 2.05) is 30.0 Å². The molecule has 0 saturated carbocycles. The van der Waals surface area contributed by atoms with E-state index in [1.54, 1.807) is 12.1 Å². The zero-order valence-electron chi connectivity index (χ0n) is 16.2. The monoisotopic (exact) mass is 402 g/mol. The van der Waals surface area contributed by atoms with Crippen LogP contribution in [0.25, 0.3) is 0 Å². The highest BCUT2D eigenvalue weighted by Crippen LogP contribution is 2.24. The van der Waals surface area contributed by atoms with E-state index in [1.165, 1.54) is 6.07 Å². The van der Waals surface area contributed by atoms with Crippen molar-refractivity contribution in [1.82, 2.24) is 10.6 Å². The molecule has 2 aromatic carbocycles. The Balaban J connectivity index is 1.37. The van der Waals surface area contributed by atoms with Gasteiger partial charge in [-0.05, 0) is 49.1 Å². The molecule has 1 fully saturated rings. The summed E-state index contributed by atoms with van der Waals surface area (Å²) in [5.41, 5.74) is 2.31. The van der Waals surface area contributed by atoms with Crippen LogP contribution in [-0.2, 0) is 4.79 Å². The number of amides is 3. The van der Waals surface area contributed by atoms with Gasteiger partial charge in [0.2, 0.25) is 5.91 Å². The zero-order chi connectivity index (χ0) is 20.8. The van der Waals surface area contributed by atoms with Gasteiger partial charge in [-0.1, -0.05) is 12.1 Å². The van der Waals surface area contributed by atoms with Gasteiger partial charge in [-0.2, -0.15) is 0 Å². The van der Waals surface area contributed by atoms with Crippen LogP contribution in [0.4, 0.5) is 25.0 Å². The molecular formula is C21H24F2N4O2. The van der Waals surface area contributed by atoms with Crippen LogP contribution in [0.3, 0.4) is 0 Å². The molecule has 1 saturated heterocycles. The number of nitrogens with one attached hydrogen (secondary N) is 3. The summed E-state index contributed by atoms with van der Waals surface area (Å²) in [4.78, 5) is 25.8. The van der Waals surface area contributed by atoms with Crippen molar-refractivity contribution in [2.45, 2.75) is 13.3 Å². The lowest BCUT2D eigenvalue weighted by atomic mass is 10.1. The first kappa shape index (κ1) is 20.6. The lowest BCUT2D eigenvalue weighted by Crippen LogP contribution is -2.40. The quantitative estimate of drug-likeness (QED) is 0.695. The number of carbonyl (C=O) groups is 2. The fourth-order valence-electron chi connectivity index (χ4n) is 3.29. The Morgan fingerprint density at radius 2 is 1.93 bits per heavy atom. The lowest BCUT2D eigenvalue weighted by Gasteiger charge is -2.19. The van der Waals surface area contributed by atoms with Crippen molar-refractivity contribution in [3.05, 3.63) is 59.7 Å². The van der Waals surface area contributed by atoms with E-state index in [2.05, 4.69) is 16.0 Å². The molecule has 1 heterocycles. The standard InChI is InChI=1S/C21H24F2N4O2/c1-14-3-2-4-16(9-14)26-21(29)25-12-20(28)24-11-15-7-8-27(13-15)17-5-6-18(22)19(23)10-17/h2-6,9-10,15H,7-8,11-13H2,1H3,(H,24,28)(H2,25,26,29). The van der Waals surface area contributed by atoms with E-state index >= 15 is 0 Å². The van der Waals surface area contributed by atoms with Crippen LogP contribution >= 0.6 is 0 Å². The molecule has 6 nitrogen and oxygen atoms in total. The summed E-state index contributed by atoms with van der Waals surface area (Å²) >= 11 is 0. The Bertz CT molecular complexity index is 891. The zero-order valence-corrected chi connectivity index (χ0v) is 16.2. The van der Waals surface area contributed by atoms with Crippen molar-refractivity contribution in [1.29, 1.82) is 0 Å². The summed E-state index contributed by atoms with van der Waals surface area (Å²) in [6, 6.07) is 10.8. The molecular weight excluding hydrogens is 378 g/mol. The number of aryl methyl sites for hydroxylation is 1. The molecule has 0 spiro atoms. The van der Waals surface area contributed by atoms with E-state index in [0.29, 0.717) is 31.0 Å². The molecule has 154 valence electrons. The van der Waals surface area contributed by atoms with Crippen molar-refractivity contribution in [2.75, 3.05) is 36.4 Å². The summed E-state index contributed by atoms with van der Waals surface area (Å²) in [6.07, 6.45) is 0.834. The maximum Gasteiger partial charge on any atom is 0.319 e. The third kappa shape index (κ3) is 5.91. The number of anilines is 2. The number of carbonyl (C=O) groups excluding carboxylic acids is 2. The van der Waals surface area contributed by atoms with Crippen molar-refractivity contribution >= 4 is 23.3 Å². The van der Waals surface area contributed by atoms with E-state index in [-0.39, 0.29) is 18.4 Å². The van der Waals surface area contributed by atoms with Gasteiger partial charge in [-0.25, -0.2) is 13.6 Å². The molecule has 1 aliphatic heterocycles. The van der Waals surface area contributed by atoms with Crippen molar-refractivity contribution < 1.29 is 18.4 Å². The fraction of sp³-hybridized carbons (Fsp3) is 0.333. The highest BCUT2D eigenvalue weighted by Gasteiger charge is 2.23. The van der Waals surface area contributed by atoms with Gasteiger partial charge in [-0.15, -0.1) is 0 Å². The summed E-state index contributed by atoms with van der Waals surface area (Å²) < 4.78 is 26.5. The molecule has 2 aromatic rings. The lowest BCUT2D eigenvalue weighted by molar-refractivity contribution is -0.120. The van der Waals surface area contributed by atoms with Gasteiger partial charge in [0.05, 0.1) is 6.54 Å². The van der Waals surface area contributed by atoms with Gasteiger partial charge in [-0.3, -0.25) is 4.79 Å². The van der Waals surface area contributed by atoms with Crippen LogP contribution < -0.4 is 20.9 Å². The number of rotatable bonds is 6. The van der Waals surface area contributed by atoms with Gasteiger partial charge in [0.25, 0.3) is 0 Å². The molecule has 3 N–H and O–H groups in total. The van der Waals surface area contributed by atoms with Gasteiger partial charge in [0.15, 0.2) is 11.6 Å². The minimum absolute atomic E-state index is 0.128.